The van der Waals surface area contributed by atoms with Gasteiger partial charge in [0.15, 0.2) is 11.5 Å². The summed E-state index contributed by atoms with van der Waals surface area (Å²) >= 11 is 6.56. The van der Waals surface area contributed by atoms with Crippen LogP contribution in [-0.4, -0.2) is 23.8 Å². The zero-order valence-electron chi connectivity index (χ0n) is 12.2. The fourth-order valence-corrected chi connectivity index (χ4v) is 2.65. The lowest BCUT2D eigenvalue weighted by atomic mass is 10.2. The molecular weight excluding hydrogens is 428 g/mol. The Balaban J connectivity index is 2.10. The minimum Gasteiger partial charge on any atom is -0.503 e. The molecule has 0 spiro atoms. The van der Waals surface area contributed by atoms with E-state index >= 15 is 0 Å². The second-order valence-electron chi connectivity index (χ2n) is 4.49. The largest absolute Gasteiger partial charge is 0.503 e. The van der Waals surface area contributed by atoms with Gasteiger partial charge < -0.3 is 9.84 Å². The van der Waals surface area contributed by atoms with E-state index in [-0.39, 0.29) is 11.7 Å². The lowest BCUT2D eigenvalue weighted by Gasteiger charge is -2.08. The Morgan fingerprint density at radius 2 is 2.13 bits per heavy atom. The van der Waals surface area contributed by atoms with E-state index in [4.69, 9.17) is 4.74 Å². The highest BCUT2D eigenvalue weighted by Gasteiger charge is 2.08. The van der Waals surface area contributed by atoms with E-state index in [1.807, 2.05) is 13.0 Å². The SMILES string of the molecule is CCOc1cc(/C=N\NC(=O)c2cccc(Br)c2)cc(Br)c1O. The van der Waals surface area contributed by atoms with Crippen LogP contribution in [0.15, 0.2) is 50.4 Å². The Bertz CT molecular complexity index is 748. The molecule has 2 rings (SSSR count). The lowest BCUT2D eigenvalue weighted by molar-refractivity contribution is 0.0955. The van der Waals surface area contributed by atoms with Gasteiger partial charge in [-0.25, -0.2) is 5.43 Å². The number of hydrogen-bond acceptors (Lipinski definition) is 4. The number of phenols is 1. The van der Waals surface area contributed by atoms with Gasteiger partial charge in [0.1, 0.15) is 0 Å². The lowest BCUT2D eigenvalue weighted by Crippen LogP contribution is -2.17. The molecule has 0 saturated heterocycles. The number of halogens is 2. The Labute approximate surface area is 150 Å². The molecule has 2 aromatic carbocycles. The number of carbonyl (C=O) groups excluding carboxylic acids is 1. The van der Waals surface area contributed by atoms with Gasteiger partial charge in [-0.2, -0.15) is 5.10 Å². The zero-order chi connectivity index (χ0) is 16.8. The van der Waals surface area contributed by atoms with Gasteiger partial charge in [-0.1, -0.05) is 22.0 Å². The van der Waals surface area contributed by atoms with Gasteiger partial charge in [-0.3, -0.25) is 4.79 Å². The predicted octanol–water partition coefficient (Wildman–Crippen LogP) is 4.08. The minimum absolute atomic E-state index is 0.0298. The van der Waals surface area contributed by atoms with Crippen molar-refractivity contribution in [1.29, 1.82) is 0 Å². The molecule has 0 unspecified atom stereocenters. The van der Waals surface area contributed by atoms with Gasteiger partial charge >= 0.3 is 0 Å². The molecule has 0 aliphatic rings. The van der Waals surface area contributed by atoms with Crippen LogP contribution in [-0.2, 0) is 0 Å². The first-order valence-electron chi connectivity index (χ1n) is 6.75. The summed E-state index contributed by atoms with van der Waals surface area (Å²) in [6.07, 6.45) is 1.47. The molecule has 7 heteroatoms. The highest BCUT2D eigenvalue weighted by Crippen LogP contribution is 2.35. The number of phenolic OH excluding ortho intramolecular Hbond substituents is 1. The van der Waals surface area contributed by atoms with E-state index in [1.165, 1.54) is 6.21 Å². The van der Waals surface area contributed by atoms with Gasteiger partial charge in [0.25, 0.3) is 5.91 Å². The van der Waals surface area contributed by atoms with E-state index in [0.29, 0.717) is 28.0 Å². The van der Waals surface area contributed by atoms with Gasteiger partial charge in [0, 0.05) is 10.0 Å². The smallest absolute Gasteiger partial charge is 0.271 e. The molecule has 0 aromatic heterocycles. The number of carbonyl (C=O) groups is 1. The van der Waals surface area contributed by atoms with Crippen LogP contribution in [0.5, 0.6) is 11.5 Å². The molecule has 2 aromatic rings. The third-order valence-corrected chi connectivity index (χ3v) is 3.91. The summed E-state index contributed by atoms with van der Waals surface area (Å²) in [5, 5.41) is 13.8. The Morgan fingerprint density at radius 1 is 1.35 bits per heavy atom. The standard InChI is InChI=1S/C16H14Br2N2O3/c1-2-23-14-7-10(6-13(18)15(14)21)9-19-20-16(22)11-4-3-5-12(17)8-11/h3-9,21H,2H2,1H3,(H,20,22)/b19-9-. The van der Waals surface area contributed by atoms with Crippen LogP contribution in [0.25, 0.3) is 0 Å². The highest BCUT2D eigenvalue weighted by molar-refractivity contribution is 9.10. The van der Waals surface area contributed by atoms with Gasteiger partial charge in [-0.05, 0) is 58.7 Å². The van der Waals surface area contributed by atoms with E-state index in [2.05, 4.69) is 42.4 Å². The molecule has 120 valence electrons. The number of amides is 1. The van der Waals surface area contributed by atoms with Crippen LogP contribution in [0.1, 0.15) is 22.8 Å². The first-order valence-corrected chi connectivity index (χ1v) is 8.34. The van der Waals surface area contributed by atoms with E-state index in [9.17, 15) is 9.90 Å². The van der Waals surface area contributed by atoms with Crippen molar-refractivity contribution in [1.82, 2.24) is 5.43 Å². The van der Waals surface area contributed by atoms with Crippen LogP contribution in [0.4, 0.5) is 0 Å². The maximum Gasteiger partial charge on any atom is 0.271 e. The quantitative estimate of drug-likeness (QED) is 0.542. The predicted molar refractivity (Wildman–Crippen MR) is 96.2 cm³/mol. The van der Waals surface area contributed by atoms with Crippen molar-refractivity contribution in [3.05, 3.63) is 56.5 Å². The summed E-state index contributed by atoms with van der Waals surface area (Å²) in [5.74, 6) is 0.0641. The summed E-state index contributed by atoms with van der Waals surface area (Å²) in [6, 6.07) is 10.3. The zero-order valence-corrected chi connectivity index (χ0v) is 15.4. The van der Waals surface area contributed by atoms with Gasteiger partial charge in [0.2, 0.25) is 0 Å². The molecule has 5 nitrogen and oxygen atoms in total. The van der Waals surface area contributed by atoms with Crippen molar-refractivity contribution in [3.63, 3.8) is 0 Å². The number of nitrogens with zero attached hydrogens (tertiary/aromatic N) is 1. The Kier molecular flexibility index (Phi) is 6.18. The van der Waals surface area contributed by atoms with Crippen molar-refractivity contribution in [2.75, 3.05) is 6.61 Å². The minimum atomic E-state index is -0.314. The molecule has 1 amide bonds. The Hall–Kier alpha value is -1.86. The number of benzene rings is 2. The molecule has 0 radical (unpaired) electrons. The van der Waals surface area contributed by atoms with Crippen LogP contribution < -0.4 is 10.2 Å². The number of rotatable bonds is 5. The van der Waals surface area contributed by atoms with Crippen LogP contribution in [0.3, 0.4) is 0 Å². The molecule has 0 atom stereocenters. The highest BCUT2D eigenvalue weighted by atomic mass is 79.9. The normalized spacial score (nSPS) is 10.7. The van der Waals surface area contributed by atoms with Gasteiger partial charge in [-0.15, -0.1) is 0 Å². The number of hydrogen-bond donors (Lipinski definition) is 2. The summed E-state index contributed by atoms with van der Waals surface area (Å²) in [6.45, 7) is 2.26. The molecule has 0 fully saturated rings. The van der Waals surface area contributed by atoms with Crippen molar-refractivity contribution in [2.45, 2.75) is 6.92 Å². The van der Waals surface area contributed by atoms with E-state index in [0.717, 1.165) is 4.47 Å². The second kappa shape index (κ2) is 8.12. The van der Waals surface area contributed by atoms with Crippen molar-refractivity contribution >= 4 is 44.0 Å². The van der Waals surface area contributed by atoms with Crippen LogP contribution in [0, 0.1) is 0 Å². The fourth-order valence-electron chi connectivity index (χ4n) is 1.79. The fraction of sp³-hybridized carbons (Fsp3) is 0.125. The average molecular weight is 442 g/mol. The first kappa shape index (κ1) is 17.5. The maximum atomic E-state index is 12.0. The van der Waals surface area contributed by atoms with Crippen molar-refractivity contribution in [3.8, 4) is 11.5 Å². The number of hydrazone groups is 1. The average Bonchev–Trinajstić information content (AvgIpc) is 2.52. The van der Waals surface area contributed by atoms with Crippen molar-refractivity contribution in [2.24, 2.45) is 5.10 Å². The molecule has 0 aliphatic carbocycles. The molecular formula is C16H14Br2N2O3. The summed E-state index contributed by atoms with van der Waals surface area (Å²) in [7, 11) is 0. The topological polar surface area (TPSA) is 70.9 Å². The van der Waals surface area contributed by atoms with Crippen LogP contribution >= 0.6 is 31.9 Å². The Morgan fingerprint density at radius 3 is 2.83 bits per heavy atom. The second-order valence-corrected chi connectivity index (χ2v) is 6.26. The van der Waals surface area contributed by atoms with Crippen LogP contribution in [0.2, 0.25) is 0 Å². The monoisotopic (exact) mass is 440 g/mol. The van der Waals surface area contributed by atoms with E-state index < -0.39 is 0 Å². The third kappa shape index (κ3) is 4.80. The first-order chi connectivity index (χ1) is 11.0. The third-order valence-electron chi connectivity index (χ3n) is 2.82. The summed E-state index contributed by atoms with van der Waals surface area (Å²) < 4.78 is 6.64. The number of aromatic hydroxyl groups is 1. The summed E-state index contributed by atoms with van der Waals surface area (Å²) in [4.78, 5) is 12.0. The molecule has 0 aliphatic heterocycles. The molecule has 23 heavy (non-hydrogen) atoms. The van der Waals surface area contributed by atoms with E-state index in [1.54, 1.807) is 30.3 Å². The summed E-state index contributed by atoms with van der Waals surface area (Å²) in [5.41, 5.74) is 3.62. The molecule has 0 heterocycles. The molecule has 0 bridgehead atoms. The maximum absolute atomic E-state index is 12.0. The number of nitrogens with one attached hydrogen (secondary N) is 1. The van der Waals surface area contributed by atoms with Crippen molar-refractivity contribution < 1.29 is 14.6 Å². The molecule has 0 saturated carbocycles. The molecule has 2 N–H and O–H groups in total. The van der Waals surface area contributed by atoms with Gasteiger partial charge in [0.05, 0.1) is 17.3 Å². The number of ether oxygens (including phenoxy) is 1.